The van der Waals surface area contributed by atoms with Crippen LogP contribution in [0.5, 0.6) is 0 Å². The number of carbonyl (C=O) groups excluding carboxylic acids is 2. The van der Waals surface area contributed by atoms with E-state index in [2.05, 4.69) is 10.6 Å². The molecule has 1 saturated heterocycles. The second-order valence-corrected chi connectivity index (χ2v) is 10.0. The molecule has 9 nitrogen and oxygen atoms in total. The number of carboxylic acid groups (broad SMARTS) is 1. The molecule has 1 aliphatic heterocycles. The molecule has 208 valence electrons. The number of hydrogen-bond donors (Lipinski definition) is 5. The summed E-state index contributed by atoms with van der Waals surface area (Å²) in [5.41, 5.74) is 9.07. The lowest BCUT2D eigenvalue weighted by Gasteiger charge is -2.29. The minimum absolute atomic E-state index is 0.0232. The number of aryl methyl sites for hydroxylation is 1. The number of rotatable bonds is 12. The molecule has 1 aliphatic rings. The highest BCUT2D eigenvalue weighted by molar-refractivity contribution is 5.95. The summed E-state index contributed by atoms with van der Waals surface area (Å²) in [5.74, 6) is -1.64. The fourth-order valence-corrected chi connectivity index (χ4v) is 5.08. The van der Waals surface area contributed by atoms with Crippen LogP contribution in [-0.4, -0.2) is 58.8 Å². The highest BCUT2D eigenvalue weighted by atomic mass is 16.4. The third kappa shape index (κ3) is 7.54. The van der Waals surface area contributed by atoms with Crippen LogP contribution in [0.3, 0.4) is 0 Å². The molecule has 0 aliphatic carbocycles. The molecule has 9 heteroatoms. The second kappa shape index (κ2) is 13.5. The van der Waals surface area contributed by atoms with Crippen molar-refractivity contribution in [2.45, 2.75) is 43.8 Å². The van der Waals surface area contributed by atoms with Gasteiger partial charge in [0.2, 0.25) is 11.8 Å². The molecule has 2 amide bonds. The standard InChI is InChI=1S/C31H35N5O4/c32-29(33)24-14-11-22(12-15-24)18-35-30(39)27-17-25(23-9-5-2-6-10-23)20-36(27)31(40)26(34-19-28(37)38)16-13-21-7-3-1-4-8-21/h1-12,14-15,25-27,34H,13,16-20H2,(H3,32,33)(H,35,39)(H,37,38)/t25-,26+,27-/m0/s1. The summed E-state index contributed by atoms with van der Waals surface area (Å²) in [6.45, 7) is 0.277. The molecule has 4 rings (SSSR count). The first-order valence-electron chi connectivity index (χ1n) is 13.4. The van der Waals surface area contributed by atoms with Gasteiger partial charge in [0.05, 0.1) is 12.6 Å². The molecule has 6 N–H and O–H groups in total. The average molecular weight is 542 g/mol. The molecule has 0 bridgehead atoms. The van der Waals surface area contributed by atoms with Crippen LogP contribution >= 0.6 is 0 Å². The van der Waals surface area contributed by atoms with Crippen LogP contribution in [0, 0.1) is 5.41 Å². The van der Waals surface area contributed by atoms with Crippen molar-refractivity contribution in [2.24, 2.45) is 5.73 Å². The number of nitrogens with two attached hydrogens (primary N) is 1. The largest absolute Gasteiger partial charge is 0.480 e. The van der Waals surface area contributed by atoms with Crippen LogP contribution in [-0.2, 0) is 27.3 Å². The van der Waals surface area contributed by atoms with Crippen molar-refractivity contribution in [2.75, 3.05) is 13.1 Å². The van der Waals surface area contributed by atoms with Gasteiger partial charge < -0.3 is 21.1 Å². The molecule has 3 aromatic carbocycles. The lowest BCUT2D eigenvalue weighted by atomic mass is 9.96. The number of nitrogens with zero attached hydrogens (tertiary/aromatic N) is 1. The fourth-order valence-electron chi connectivity index (χ4n) is 5.08. The summed E-state index contributed by atoms with van der Waals surface area (Å²) in [5, 5.41) is 22.7. The Morgan fingerprint density at radius 1 is 0.950 bits per heavy atom. The number of nitrogens with one attached hydrogen (secondary N) is 3. The van der Waals surface area contributed by atoms with Crippen LogP contribution < -0.4 is 16.4 Å². The first-order valence-corrected chi connectivity index (χ1v) is 13.4. The van der Waals surface area contributed by atoms with E-state index in [1.54, 1.807) is 29.2 Å². The molecule has 0 spiro atoms. The van der Waals surface area contributed by atoms with Gasteiger partial charge in [-0.05, 0) is 36.0 Å². The molecule has 3 aromatic rings. The molecule has 1 heterocycles. The van der Waals surface area contributed by atoms with E-state index in [1.807, 2.05) is 60.7 Å². The number of benzene rings is 3. The maximum atomic E-state index is 13.9. The average Bonchev–Trinajstić information content (AvgIpc) is 3.42. The minimum Gasteiger partial charge on any atom is -0.480 e. The Morgan fingerprint density at radius 3 is 2.23 bits per heavy atom. The quantitative estimate of drug-likeness (QED) is 0.176. The number of nitrogen functional groups attached to an aromatic ring is 1. The fraction of sp³-hybridized carbons (Fsp3) is 0.290. The van der Waals surface area contributed by atoms with Gasteiger partial charge in [-0.1, -0.05) is 84.9 Å². The van der Waals surface area contributed by atoms with E-state index in [0.717, 1.165) is 16.7 Å². The van der Waals surface area contributed by atoms with Crippen molar-refractivity contribution in [3.8, 4) is 0 Å². The summed E-state index contributed by atoms with van der Waals surface area (Å²) in [4.78, 5) is 40.3. The molecular formula is C31H35N5O4. The van der Waals surface area contributed by atoms with Crippen molar-refractivity contribution in [1.29, 1.82) is 5.41 Å². The highest BCUT2D eigenvalue weighted by Crippen LogP contribution is 2.32. The number of amides is 2. The van der Waals surface area contributed by atoms with Gasteiger partial charge in [0.15, 0.2) is 0 Å². The molecule has 40 heavy (non-hydrogen) atoms. The van der Waals surface area contributed by atoms with E-state index in [4.69, 9.17) is 11.1 Å². The van der Waals surface area contributed by atoms with Crippen molar-refractivity contribution in [3.05, 3.63) is 107 Å². The summed E-state index contributed by atoms with van der Waals surface area (Å²) in [6.07, 6.45) is 1.46. The van der Waals surface area contributed by atoms with Crippen LogP contribution in [0.15, 0.2) is 84.9 Å². The number of likely N-dealkylation sites (tertiary alicyclic amines) is 1. The molecule has 0 saturated carbocycles. The molecule has 0 aromatic heterocycles. The van der Waals surface area contributed by atoms with E-state index < -0.39 is 18.1 Å². The number of carbonyl (C=O) groups is 3. The first kappa shape index (κ1) is 28.5. The van der Waals surface area contributed by atoms with E-state index in [-0.39, 0.29) is 36.7 Å². The van der Waals surface area contributed by atoms with E-state index in [9.17, 15) is 19.5 Å². The van der Waals surface area contributed by atoms with Crippen LogP contribution in [0.1, 0.15) is 41.0 Å². The Bertz CT molecular complexity index is 1310. The predicted molar refractivity (Wildman–Crippen MR) is 153 cm³/mol. The Balaban J connectivity index is 1.51. The molecule has 0 radical (unpaired) electrons. The van der Waals surface area contributed by atoms with Crippen LogP contribution in [0.25, 0.3) is 0 Å². The van der Waals surface area contributed by atoms with Crippen molar-refractivity contribution >= 4 is 23.6 Å². The molecular weight excluding hydrogens is 506 g/mol. The van der Waals surface area contributed by atoms with Gasteiger partial charge in [-0.25, -0.2) is 0 Å². The number of carboxylic acids is 1. The third-order valence-electron chi connectivity index (χ3n) is 7.25. The Kier molecular flexibility index (Phi) is 9.64. The smallest absolute Gasteiger partial charge is 0.317 e. The predicted octanol–water partition coefficient (Wildman–Crippen LogP) is 2.65. The lowest BCUT2D eigenvalue weighted by molar-refractivity contribution is -0.141. The highest BCUT2D eigenvalue weighted by Gasteiger charge is 2.42. The Morgan fingerprint density at radius 2 is 1.60 bits per heavy atom. The van der Waals surface area contributed by atoms with Gasteiger partial charge in [-0.2, -0.15) is 0 Å². The maximum absolute atomic E-state index is 13.9. The summed E-state index contributed by atoms with van der Waals surface area (Å²) in [7, 11) is 0. The number of amidine groups is 1. The lowest BCUT2D eigenvalue weighted by Crippen LogP contribution is -2.53. The third-order valence-corrected chi connectivity index (χ3v) is 7.25. The SMILES string of the molecule is N=C(N)c1ccc(CNC(=O)[C@@H]2C[C@H](c3ccccc3)CN2C(=O)[C@@H](CCc2ccccc2)NCC(=O)O)cc1. The number of hydrogen-bond acceptors (Lipinski definition) is 5. The minimum atomic E-state index is -1.05. The van der Waals surface area contributed by atoms with Crippen molar-refractivity contribution in [3.63, 3.8) is 0 Å². The van der Waals surface area contributed by atoms with Gasteiger partial charge >= 0.3 is 5.97 Å². The van der Waals surface area contributed by atoms with Crippen molar-refractivity contribution in [1.82, 2.24) is 15.5 Å². The van der Waals surface area contributed by atoms with Gasteiger partial charge in [0.25, 0.3) is 0 Å². The van der Waals surface area contributed by atoms with Crippen LogP contribution in [0.2, 0.25) is 0 Å². The van der Waals surface area contributed by atoms with E-state index >= 15 is 0 Å². The topological polar surface area (TPSA) is 149 Å². The second-order valence-electron chi connectivity index (χ2n) is 10.0. The van der Waals surface area contributed by atoms with Gasteiger partial charge in [0, 0.05) is 24.6 Å². The Labute approximate surface area is 233 Å². The summed E-state index contributed by atoms with van der Waals surface area (Å²) < 4.78 is 0. The first-order chi connectivity index (χ1) is 19.3. The zero-order valence-corrected chi connectivity index (χ0v) is 22.3. The van der Waals surface area contributed by atoms with Crippen molar-refractivity contribution < 1.29 is 19.5 Å². The monoisotopic (exact) mass is 541 g/mol. The van der Waals surface area contributed by atoms with Gasteiger partial charge in [0.1, 0.15) is 11.9 Å². The number of aliphatic carboxylic acids is 1. The van der Waals surface area contributed by atoms with Gasteiger partial charge in [-0.15, -0.1) is 0 Å². The van der Waals surface area contributed by atoms with E-state index in [1.165, 1.54) is 0 Å². The Hall–Kier alpha value is -4.50. The van der Waals surface area contributed by atoms with Crippen LogP contribution in [0.4, 0.5) is 0 Å². The summed E-state index contributed by atoms with van der Waals surface area (Å²) >= 11 is 0. The normalized spacial score (nSPS) is 17.2. The molecule has 1 fully saturated rings. The summed E-state index contributed by atoms with van der Waals surface area (Å²) in [6, 6.07) is 25.1. The maximum Gasteiger partial charge on any atom is 0.317 e. The zero-order valence-electron chi connectivity index (χ0n) is 22.3. The molecule has 0 unspecified atom stereocenters. The van der Waals surface area contributed by atoms with Gasteiger partial charge in [-0.3, -0.25) is 25.1 Å². The zero-order chi connectivity index (χ0) is 28.5. The molecule has 3 atom stereocenters. The van der Waals surface area contributed by atoms with E-state index in [0.29, 0.717) is 31.4 Å².